The van der Waals surface area contributed by atoms with E-state index in [1.165, 1.54) is 0 Å². The Hall–Kier alpha value is -1.39. The van der Waals surface area contributed by atoms with Crippen molar-refractivity contribution in [2.45, 2.75) is 27.3 Å². The molecule has 0 aliphatic carbocycles. The van der Waals surface area contributed by atoms with Gasteiger partial charge in [-0.1, -0.05) is 22.0 Å². The second kappa shape index (κ2) is 5.72. The molecule has 0 spiro atoms. The van der Waals surface area contributed by atoms with Gasteiger partial charge in [0.15, 0.2) is 0 Å². The van der Waals surface area contributed by atoms with Crippen LogP contribution in [-0.2, 0) is 6.54 Å². The highest BCUT2D eigenvalue weighted by molar-refractivity contribution is 9.10. The lowest BCUT2D eigenvalue weighted by molar-refractivity contribution is 0.460. The van der Waals surface area contributed by atoms with Crippen LogP contribution in [0.25, 0.3) is 0 Å². The monoisotopic (exact) mass is 320 g/mol. The Labute approximate surface area is 121 Å². The first-order valence-corrected chi connectivity index (χ1v) is 6.91. The summed E-state index contributed by atoms with van der Waals surface area (Å²) in [5, 5.41) is 0. The van der Waals surface area contributed by atoms with Crippen LogP contribution in [-0.4, -0.2) is 4.98 Å². The predicted octanol–water partition coefficient (Wildman–Crippen LogP) is 4.02. The summed E-state index contributed by atoms with van der Waals surface area (Å²) in [4.78, 5) is 4.41. The number of nitrogens with zero attached hydrogens (tertiary/aromatic N) is 1. The van der Waals surface area contributed by atoms with Crippen LogP contribution in [0.3, 0.4) is 0 Å². The molecule has 4 heteroatoms. The van der Waals surface area contributed by atoms with Crippen LogP contribution in [0.4, 0.5) is 0 Å². The molecule has 2 rings (SSSR count). The van der Waals surface area contributed by atoms with Gasteiger partial charge in [0.1, 0.15) is 5.75 Å². The molecule has 0 aliphatic heterocycles. The van der Waals surface area contributed by atoms with Crippen LogP contribution >= 0.6 is 15.9 Å². The smallest absolute Gasteiger partial charge is 0.219 e. The van der Waals surface area contributed by atoms with E-state index in [1.807, 2.05) is 45.0 Å². The van der Waals surface area contributed by atoms with E-state index in [0.29, 0.717) is 12.4 Å². The number of aryl methyl sites for hydroxylation is 3. The highest BCUT2D eigenvalue weighted by atomic mass is 79.9. The zero-order valence-corrected chi connectivity index (χ0v) is 12.9. The molecule has 0 saturated carbocycles. The van der Waals surface area contributed by atoms with E-state index < -0.39 is 0 Å². The molecule has 0 unspecified atom stereocenters. The molecular weight excluding hydrogens is 304 g/mol. The second-order valence-electron chi connectivity index (χ2n) is 4.57. The number of hydrogen-bond acceptors (Lipinski definition) is 3. The van der Waals surface area contributed by atoms with Crippen molar-refractivity contribution < 1.29 is 4.74 Å². The summed E-state index contributed by atoms with van der Waals surface area (Å²) >= 11 is 3.54. The number of nitrogens with two attached hydrogens (primary N) is 1. The Balaban J connectivity index is 2.29. The molecule has 1 aromatic heterocycles. The average Bonchev–Trinajstić information content (AvgIpc) is 2.36. The molecule has 2 aromatic rings. The van der Waals surface area contributed by atoms with E-state index in [1.54, 1.807) is 0 Å². The minimum atomic E-state index is 0.496. The lowest BCUT2D eigenvalue weighted by Gasteiger charge is -2.10. The number of hydrogen-bond donors (Lipinski definition) is 1. The van der Waals surface area contributed by atoms with Gasteiger partial charge in [-0.05, 0) is 49.6 Å². The van der Waals surface area contributed by atoms with Crippen molar-refractivity contribution in [2.75, 3.05) is 0 Å². The van der Waals surface area contributed by atoms with E-state index in [9.17, 15) is 0 Å². The molecule has 1 heterocycles. The van der Waals surface area contributed by atoms with Crippen molar-refractivity contribution in [1.29, 1.82) is 0 Å². The molecule has 100 valence electrons. The van der Waals surface area contributed by atoms with Crippen LogP contribution in [0.5, 0.6) is 11.6 Å². The van der Waals surface area contributed by atoms with Crippen LogP contribution in [0, 0.1) is 20.8 Å². The van der Waals surface area contributed by atoms with Crippen molar-refractivity contribution in [2.24, 2.45) is 5.73 Å². The molecule has 3 nitrogen and oxygen atoms in total. The van der Waals surface area contributed by atoms with Crippen LogP contribution in [0.2, 0.25) is 0 Å². The van der Waals surface area contributed by atoms with E-state index in [2.05, 4.69) is 20.9 Å². The molecule has 0 fully saturated rings. The van der Waals surface area contributed by atoms with Gasteiger partial charge in [0, 0.05) is 22.8 Å². The van der Waals surface area contributed by atoms with E-state index >= 15 is 0 Å². The Kier molecular flexibility index (Phi) is 4.22. The fourth-order valence-electron chi connectivity index (χ4n) is 1.93. The Morgan fingerprint density at radius 1 is 1.16 bits per heavy atom. The van der Waals surface area contributed by atoms with Gasteiger partial charge in [0.05, 0.1) is 0 Å². The quantitative estimate of drug-likeness (QED) is 0.929. The highest BCUT2D eigenvalue weighted by Gasteiger charge is 2.06. The maximum absolute atomic E-state index is 5.80. The maximum Gasteiger partial charge on any atom is 0.219 e. The van der Waals surface area contributed by atoms with E-state index in [-0.39, 0.29) is 0 Å². The average molecular weight is 321 g/mol. The third-order valence-electron chi connectivity index (χ3n) is 3.02. The molecule has 0 bridgehead atoms. The highest BCUT2D eigenvalue weighted by Crippen LogP contribution is 2.29. The zero-order chi connectivity index (χ0) is 14.0. The van der Waals surface area contributed by atoms with Gasteiger partial charge in [0.25, 0.3) is 0 Å². The number of benzene rings is 1. The predicted molar refractivity (Wildman–Crippen MR) is 80.6 cm³/mol. The van der Waals surface area contributed by atoms with E-state index in [0.717, 1.165) is 32.6 Å². The largest absolute Gasteiger partial charge is 0.439 e. The van der Waals surface area contributed by atoms with Gasteiger partial charge in [-0.3, -0.25) is 0 Å². The van der Waals surface area contributed by atoms with Crippen molar-refractivity contribution in [3.63, 3.8) is 0 Å². The summed E-state index contributed by atoms with van der Waals surface area (Å²) in [6.07, 6.45) is 0. The first kappa shape index (κ1) is 14.0. The van der Waals surface area contributed by atoms with Gasteiger partial charge < -0.3 is 10.5 Å². The van der Waals surface area contributed by atoms with Crippen LogP contribution in [0.15, 0.2) is 28.7 Å². The van der Waals surface area contributed by atoms with Gasteiger partial charge >= 0.3 is 0 Å². The summed E-state index contributed by atoms with van der Waals surface area (Å²) < 4.78 is 6.92. The second-order valence-corrected chi connectivity index (χ2v) is 5.36. The van der Waals surface area contributed by atoms with Gasteiger partial charge in [-0.25, -0.2) is 4.98 Å². The minimum Gasteiger partial charge on any atom is -0.439 e. The lowest BCUT2D eigenvalue weighted by atomic mass is 10.1. The SMILES string of the molecule is Cc1cc(Oc2ccc(CN)c(C)n2)cc(C)c1Br. The fourth-order valence-corrected chi connectivity index (χ4v) is 2.15. The van der Waals surface area contributed by atoms with Gasteiger partial charge in [-0.15, -0.1) is 0 Å². The van der Waals surface area contributed by atoms with Crippen molar-refractivity contribution in [3.05, 3.63) is 51.1 Å². The third-order valence-corrected chi connectivity index (χ3v) is 4.27. The zero-order valence-electron chi connectivity index (χ0n) is 11.3. The standard InChI is InChI=1S/C15H17BrN2O/c1-9-6-13(7-10(2)15(9)16)19-14-5-4-12(8-17)11(3)18-14/h4-7H,8,17H2,1-3H3. The summed E-state index contributed by atoms with van der Waals surface area (Å²) in [5.41, 5.74) is 9.86. The number of aromatic nitrogens is 1. The molecule has 0 amide bonds. The fraction of sp³-hybridized carbons (Fsp3) is 0.267. The van der Waals surface area contributed by atoms with Crippen molar-refractivity contribution in [1.82, 2.24) is 4.98 Å². The third kappa shape index (κ3) is 3.14. The molecule has 19 heavy (non-hydrogen) atoms. The summed E-state index contributed by atoms with van der Waals surface area (Å²) in [6, 6.07) is 7.79. The van der Waals surface area contributed by atoms with Crippen LogP contribution < -0.4 is 10.5 Å². The topological polar surface area (TPSA) is 48.1 Å². The molecule has 2 N–H and O–H groups in total. The molecule has 0 radical (unpaired) electrons. The number of pyridine rings is 1. The van der Waals surface area contributed by atoms with Crippen molar-refractivity contribution in [3.8, 4) is 11.6 Å². The Morgan fingerprint density at radius 3 is 2.32 bits per heavy atom. The molecule has 1 aromatic carbocycles. The maximum atomic E-state index is 5.80. The normalized spacial score (nSPS) is 10.6. The van der Waals surface area contributed by atoms with Gasteiger partial charge in [-0.2, -0.15) is 0 Å². The summed E-state index contributed by atoms with van der Waals surface area (Å²) in [7, 11) is 0. The first-order chi connectivity index (χ1) is 9.01. The summed E-state index contributed by atoms with van der Waals surface area (Å²) in [6.45, 7) is 6.52. The van der Waals surface area contributed by atoms with Crippen LogP contribution in [0.1, 0.15) is 22.4 Å². The molecule has 0 atom stereocenters. The van der Waals surface area contributed by atoms with Crippen molar-refractivity contribution >= 4 is 15.9 Å². The van der Waals surface area contributed by atoms with Gasteiger partial charge in [0.2, 0.25) is 5.88 Å². The number of rotatable bonds is 3. The first-order valence-electron chi connectivity index (χ1n) is 6.12. The lowest BCUT2D eigenvalue weighted by Crippen LogP contribution is -2.01. The molecule has 0 aliphatic rings. The summed E-state index contributed by atoms with van der Waals surface area (Å²) in [5.74, 6) is 1.39. The minimum absolute atomic E-state index is 0.496. The van der Waals surface area contributed by atoms with E-state index in [4.69, 9.17) is 10.5 Å². The number of halogens is 1. The number of ether oxygens (including phenoxy) is 1. The molecular formula is C15H17BrN2O. The Morgan fingerprint density at radius 2 is 1.79 bits per heavy atom. The molecule has 0 saturated heterocycles. The Bertz CT molecular complexity index is 588.